The van der Waals surface area contributed by atoms with Crippen LogP contribution in [0, 0.1) is 0 Å². The maximum atomic E-state index is 10.8. The van der Waals surface area contributed by atoms with Crippen molar-refractivity contribution in [1.29, 1.82) is 0 Å². The van der Waals surface area contributed by atoms with Crippen LogP contribution in [-0.4, -0.2) is 11.7 Å². The van der Waals surface area contributed by atoms with Crippen LogP contribution in [0.1, 0.15) is 6.92 Å². The van der Waals surface area contributed by atoms with E-state index in [1.807, 2.05) is 43.4 Å². The molecule has 0 atom stereocenters. The largest absolute Gasteiger partial charge is 0.294 e. The number of halogens is 1. The van der Waals surface area contributed by atoms with Gasteiger partial charge in [0.2, 0.25) is 0 Å². The van der Waals surface area contributed by atoms with Gasteiger partial charge < -0.3 is 0 Å². The summed E-state index contributed by atoms with van der Waals surface area (Å²) in [5.74, 6) is -0.0711. The molecular weight excluding hydrogens is 232 g/mol. The molecular formula is C15H17ClO. The molecule has 0 rings (SSSR count). The van der Waals surface area contributed by atoms with Gasteiger partial charge in [-0.25, -0.2) is 0 Å². The average Bonchev–Trinajstić information content (AvgIpc) is 2.36. The Morgan fingerprint density at radius 1 is 1.06 bits per heavy atom. The number of hydrogen-bond donors (Lipinski definition) is 0. The van der Waals surface area contributed by atoms with Crippen molar-refractivity contribution in [3.05, 3.63) is 72.9 Å². The lowest BCUT2D eigenvalue weighted by Gasteiger charge is -1.88. The zero-order chi connectivity index (χ0) is 12.9. The number of alkyl halides is 1. The van der Waals surface area contributed by atoms with Gasteiger partial charge in [-0.05, 0) is 18.6 Å². The molecule has 0 radical (unpaired) electrons. The van der Waals surface area contributed by atoms with Gasteiger partial charge in [-0.1, -0.05) is 61.3 Å². The van der Waals surface area contributed by atoms with Crippen molar-refractivity contribution in [2.75, 3.05) is 5.88 Å². The average molecular weight is 249 g/mol. The monoisotopic (exact) mass is 248 g/mol. The van der Waals surface area contributed by atoms with E-state index in [1.54, 1.807) is 18.2 Å². The third kappa shape index (κ3) is 9.34. The second kappa shape index (κ2) is 10.9. The van der Waals surface area contributed by atoms with Crippen LogP contribution in [-0.2, 0) is 4.79 Å². The molecule has 90 valence electrons. The van der Waals surface area contributed by atoms with E-state index in [1.165, 1.54) is 6.08 Å². The normalized spacial score (nSPS) is 13.4. The van der Waals surface area contributed by atoms with Crippen LogP contribution in [0.3, 0.4) is 0 Å². The van der Waals surface area contributed by atoms with Gasteiger partial charge in [0.05, 0.1) is 5.88 Å². The zero-order valence-electron chi connectivity index (χ0n) is 9.97. The van der Waals surface area contributed by atoms with Gasteiger partial charge in [0.1, 0.15) is 0 Å². The first kappa shape index (κ1) is 15.4. The summed E-state index contributed by atoms with van der Waals surface area (Å²) in [7, 11) is 0. The van der Waals surface area contributed by atoms with Gasteiger partial charge in [0, 0.05) is 0 Å². The maximum Gasteiger partial charge on any atom is 0.170 e. The topological polar surface area (TPSA) is 17.1 Å². The van der Waals surface area contributed by atoms with Crippen LogP contribution in [0.4, 0.5) is 0 Å². The van der Waals surface area contributed by atoms with E-state index < -0.39 is 0 Å². The summed E-state index contributed by atoms with van der Waals surface area (Å²) in [4.78, 5) is 10.8. The van der Waals surface area contributed by atoms with E-state index in [4.69, 9.17) is 11.6 Å². The first-order valence-electron chi connectivity index (χ1n) is 5.30. The minimum absolute atomic E-state index is 0.0231. The van der Waals surface area contributed by atoms with Crippen molar-refractivity contribution in [2.24, 2.45) is 0 Å². The molecule has 17 heavy (non-hydrogen) atoms. The van der Waals surface area contributed by atoms with Crippen molar-refractivity contribution in [3.8, 4) is 0 Å². The first-order valence-corrected chi connectivity index (χ1v) is 5.83. The summed E-state index contributed by atoms with van der Waals surface area (Å²) in [5.41, 5.74) is 1.09. The smallest absolute Gasteiger partial charge is 0.170 e. The van der Waals surface area contributed by atoms with Crippen LogP contribution in [0.5, 0.6) is 0 Å². The molecule has 0 aromatic carbocycles. The molecule has 0 aromatic rings. The highest BCUT2D eigenvalue weighted by Gasteiger charge is 1.87. The summed E-state index contributed by atoms with van der Waals surface area (Å²) >= 11 is 5.34. The van der Waals surface area contributed by atoms with Crippen molar-refractivity contribution < 1.29 is 4.79 Å². The fourth-order valence-electron chi connectivity index (χ4n) is 0.930. The molecule has 0 aliphatic carbocycles. The predicted molar refractivity (Wildman–Crippen MR) is 76.2 cm³/mol. The highest BCUT2D eigenvalue weighted by atomic mass is 35.5. The first-order chi connectivity index (χ1) is 8.24. The van der Waals surface area contributed by atoms with Crippen LogP contribution in [0.15, 0.2) is 72.9 Å². The van der Waals surface area contributed by atoms with Crippen LogP contribution < -0.4 is 0 Å². The summed E-state index contributed by atoms with van der Waals surface area (Å²) in [5, 5.41) is 0. The van der Waals surface area contributed by atoms with Crippen LogP contribution in [0.2, 0.25) is 0 Å². The molecule has 0 fully saturated rings. The Morgan fingerprint density at radius 3 is 2.18 bits per heavy atom. The molecule has 0 saturated carbocycles. The van der Waals surface area contributed by atoms with Crippen molar-refractivity contribution in [2.45, 2.75) is 6.92 Å². The van der Waals surface area contributed by atoms with Crippen molar-refractivity contribution in [1.82, 2.24) is 0 Å². The van der Waals surface area contributed by atoms with Crippen molar-refractivity contribution in [3.63, 3.8) is 0 Å². The predicted octanol–water partition coefficient (Wildman–Crippen LogP) is 4.15. The van der Waals surface area contributed by atoms with E-state index in [2.05, 4.69) is 6.58 Å². The van der Waals surface area contributed by atoms with E-state index in [0.29, 0.717) is 0 Å². The Morgan fingerprint density at radius 2 is 1.65 bits per heavy atom. The lowest BCUT2D eigenvalue weighted by atomic mass is 10.2. The number of carbonyl (C=O) groups excluding carboxylic acids is 1. The number of rotatable bonds is 7. The number of ketones is 1. The molecule has 0 N–H and O–H groups in total. The van der Waals surface area contributed by atoms with Gasteiger partial charge in [0.15, 0.2) is 5.78 Å². The van der Waals surface area contributed by atoms with Gasteiger partial charge in [-0.15, -0.1) is 11.6 Å². The minimum Gasteiger partial charge on any atom is -0.294 e. The fraction of sp³-hybridized carbons (Fsp3) is 0.133. The van der Waals surface area contributed by atoms with Gasteiger partial charge in [0.25, 0.3) is 0 Å². The Balaban J connectivity index is 4.22. The third-order valence-corrected chi connectivity index (χ3v) is 2.06. The molecule has 0 saturated heterocycles. The van der Waals surface area contributed by atoms with E-state index >= 15 is 0 Å². The van der Waals surface area contributed by atoms with E-state index in [9.17, 15) is 4.79 Å². The molecule has 0 spiro atoms. The molecule has 0 aliphatic rings. The standard InChI is InChI=1S/C15H17ClO/c1-3-5-10-14(4-2)11-8-6-7-9-12-15(17)13-16/h3-12H,1,13H2,2H3/b7-6+,10-5-,11-8+,12-9+,14-4+. The Bertz CT molecular complexity index is 382. The molecule has 0 bridgehead atoms. The quantitative estimate of drug-likeness (QED) is 0.376. The van der Waals surface area contributed by atoms with Crippen LogP contribution >= 0.6 is 11.6 Å². The Kier molecular flexibility index (Phi) is 9.88. The SMILES string of the molecule is C=C\C=C/C(/C=C/C=C/C=C/C(=O)CCl)=C\C. The second-order valence-electron chi connectivity index (χ2n) is 3.09. The summed E-state index contributed by atoms with van der Waals surface area (Å²) < 4.78 is 0. The number of hydrogen-bond acceptors (Lipinski definition) is 1. The minimum atomic E-state index is -0.0941. The molecule has 0 heterocycles. The Labute approximate surface area is 108 Å². The molecule has 1 nitrogen and oxygen atoms in total. The van der Waals surface area contributed by atoms with E-state index in [-0.39, 0.29) is 11.7 Å². The van der Waals surface area contributed by atoms with Gasteiger partial charge in [-0.2, -0.15) is 0 Å². The number of carbonyl (C=O) groups is 1. The summed E-state index contributed by atoms with van der Waals surface area (Å²) in [6.07, 6.45) is 18.2. The number of allylic oxidation sites excluding steroid dienone is 11. The summed E-state index contributed by atoms with van der Waals surface area (Å²) in [6, 6.07) is 0. The second-order valence-corrected chi connectivity index (χ2v) is 3.35. The van der Waals surface area contributed by atoms with Gasteiger partial charge >= 0.3 is 0 Å². The highest BCUT2D eigenvalue weighted by molar-refractivity contribution is 6.29. The molecule has 0 aromatic heterocycles. The van der Waals surface area contributed by atoms with Crippen LogP contribution in [0.25, 0.3) is 0 Å². The molecule has 0 amide bonds. The third-order valence-electron chi connectivity index (χ3n) is 1.79. The van der Waals surface area contributed by atoms with Gasteiger partial charge in [-0.3, -0.25) is 4.79 Å². The highest BCUT2D eigenvalue weighted by Crippen LogP contribution is 1.99. The fourth-order valence-corrected chi connectivity index (χ4v) is 1.02. The lowest BCUT2D eigenvalue weighted by molar-refractivity contribution is -0.112. The van der Waals surface area contributed by atoms with E-state index in [0.717, 1.165) is 5.57 Å². The summed E-state index contributed by atoms with van der Waals surface area (Å²) in [6.45, 7) is 5.58. The maximum absolute atomic E-state index is 10.8. The molecule has 2 heteroatoms. The lowest BCUT2D eigenvalue weighted by Crippen LogP contribution is -1.90. The molecule has 0 aliphatic heterocycles. The zero-order valence-corrected chi connectivity index (χ0v) is 10.7. The Hall–Kier alpha value is -1.60. The van der Waals surface area contributed by atoms with Crippen molar-refractivity contribution >= 4 is 17.4 Å². The molecule has 0 unspecified atom stereocenters.